The van der Waals surface area contributed by atoms with E-state index in [4.69, 9.17) is 4.74 Å². The van der Waals surface area contributed by atoms with Gasteiger partial charge in [-0.25, -0.2) is 0 Å². The number of hydrogen-bond acceptors (Lipinski definition) is 3. The van der Waals surface area contributed by atoms with Crippen LogP contribution in [0.5, 0.6) is 5.75 Å². The third-order valence-electron chi connectivity index (χ3n) is 2.99. The zero-order chi connectivity index (χ0) is 15.9. The molecule has 0 atom stereocenters. The van der Waals surface area contributed by atoms with Crippen molar-refractivity contribution in [1.82, 2.24) is 0 Å². The molecule has 2 aromatic carbocycles. The highest BCUT2D eigenvalue weighted by molar-refractivity contribution is 6.05. The minimum Gasteiger partial charge on any atom is -0.489 e. The standard InChI is InChI=1S/C19H21NO2/c1-14(2)22-19-12-8-7-11-17(19)20-15(3)13-18(21)16-9-5-4-6-10-16/h4-14,20H,1-3H3. The molecule has 0 aliphatic rings. The largest absolute Gasteiger partial charge is 0.489 e. The molecule has 0 unspecified atom stereocenters. The van der Waals surface area contributed by atoms with Crippen LogP contribution in [0.3, 0.4) is 0 Å². The van der Waals surface area contributed by atoms with Gasteiger partial charge in [-0.1, -0.05) is 42.5 Å². The normalized spacial score (nSPS) is 11.4. The summed E-state index contributed by atoms with van der Waals surface area (Å²) in [6, 6.07) is 16.9. The molecule has 1 N–H and O–H groups in total. The van der Waals surface area contributed by atoms with Gasteiger partial charge in [-0.15, -0.1) is 0 Å². The molecule has 2 rings (SSSR count). The van der Waals surface area contributed by atoms with E-state index in [0.717, 1.165) is 17.1 Å². The van der Waals surface area contributed by atoms with Crippen LogP contribution in [0.25, 0.3) is 0 Å². The van der Waals surface area contributed by atoms with Crippen LogP contribution in [-0.4, -0.2) is 11.9 Å². The molecular formula is C19H21NO2. The van der Waals surface area contributed by atoms with Crippen molar-refractivity contribution in [1.29, 1.82) is 0 Å². The lowest BCUT2D eigenvalue weighted by Crippen LogP contribution is -2.08. The van der Waals surface area contributed by atoms with Crippen LogP contribution in [0.15, 0.2) is 66.4 Å². The Morgan fingerprint density at radius 2 is 1.68 bits per heavy atom. The van der Waals surface area contributed by atoms with Gasteiger partial charge < -0.3 is 10.1 Å². The van der Waals surface area contributed by atoms with Crippen molar-refractivity contribution in [2.75, 3.05) is 5.32 Å². The molecule has 114 valence electrons. The van der Waals surface area contributed by atoms with E-state index in [1.165, 1.54) is 0 Å². The van der Waals surface area contributed by atoms with Crippen LogP contribution in [0, 0.1) is 0 Å². The number of rotatable bonds is 6. The first kappa shape index (κ1) is 15.8. The Kier molecular flexibility index (Phi) is 5.37. The van der Waals surface area contributed by atoms with E-state index in [1.54, 1.807) is 6.08 Å². The molecule has 0 spiro atoms. The Morgan fingerprint density at radius 3 is 2.36 bits per heavy atom. The van der Waals surface area contributed by atoms with Crippen LogP contribution in [0.1, 0.15) is 31.1 Å². The third kappa shape index (κ3) is 4.48. The molecule has 22 heavy (non-hydrogen) atoms. The smallest absolute Gasteiger partial charge is 0.187 e. The van der Waals surface area contributed by atoms with E-state index in [9.17, 15) is 4.79 Å². The number of allylic oxidation sites excluding steroid dienone is 2. The number of benzene rings is 2. The molecule has 0 saturated heterocycles. The van der Waals surface area contributed by atoms with E-state index in [1.807, 2.05) is 75.4 Å². The van der Waals surface area contributed by atoms with E-state index >= 15 is 0 Å². The summed E-state index contributed by atoms with van der Waals surface area (Å²) in [5, 5.41) is 3.23. The molecule has 0 heterocycles. The van der Waals surface area contributed by atoms with Crippen molar-refractivity contribution in [3.63, 3.8) is 0 Å². The zero-order valence-electron chi connectivity index (χ0n) is 13.2. The van der Waals surface area contributed by atoms with Crippen LogP contribution in [-0.2, 0) is 0 Å². The summed E-state index contributed by atoms with van der Waals surface area (Å²) < 4.78 is 5.76. The number of anilines is 1. The predicted octanol–water partition coefficient (Wildman–Crippen LogP) is 4.67. The average molecular weight is 295 g/mol. The van der Waals surface area contributed by atoms with Gasteiger partial charge in [-0.3, -0.25) is 4.79 Å². The van der Waals surface area contributed by atoms with Gasteiger partial charge in [0.25, 0.3) is 0 Å². The maximum Gasteiger partial charge on any atom is 0.187 e. The first-order valence-electron chi connectivity index (χ1n) is 7.36. The second kappa shape index (κ2) is 7.46. The number of carbonyl (C=O) groups is 1. The topological polar surface area (TPSA) is 38.3 Å². The van der Waals surface area contributed by atoms with E-state index in [-0.39, 0.29) is 11.9 Å². The highest BCUT2D eigenvalue weighted by Crippen LogP contribution is 2.26. The number of nitrogens with one attached hydrogen (secondary N) is 1. The number of ketones is 1. The number of carbonyl (C=O) groups excluding carboxylic acids is 1. The Bertz CT molecular complexity index is 660. The molecule has 3 nitrogen and oxygen atoms in total. The SMILES string of the molecule is CC(=CC(=O)c1ccccc1)Nc1ccccc1OC(C)C. The summed E-state index contributed by atoms with van der Waals surface area (Å²) in [6.07, 6.45) is 1.69. The summed E-state index contributed by atoms with van der Waals surface area (Å²) in [6.45, 7) is 5.84. The van der Waals surface area contributed by atoms with Crippen LogP contribution < -0.4 is 10.1 Å². The summed E-state index contributed by atoms with van der Waals surface area (Å²) in [7, 11) is 0. The fourth-order valence-corrected chi connectivity index (χ4v) is 2.06. The second-order valence-corrected chi connectivity index (χ2v) is 5.35. The summed E-state index contributed by atoms with van der Waals surface area (Å²) in [5.41, 5.74) is 2.30. The maximum absolute atomic E-state index is 12.2. The quantitative estimate of drug-likeness (QED) is 0.621. The van der Waals surface area contributed by atoms with Gasteiger partial charge in [0, 0.05) is 17.3 Å². The van der Waals surface area contributed by atoms with Gasteiger partial charge in [-0.05, 0) is 32.9 Å². The summed E-state index contributed by atoms with van der Waals surface area (Å²) in [4.78, 5) is 12.2. The molecule has 3 heteroatoms. The van der Waals surface area contributed by atoms with Crippen LogP contribution >= 0.6 is 0 Å². The molecular weight excluding hydrogens is 274 g/mol. The molecule has 2 aromatic rings. The molecule has 0 bridgehead atoms. The van der Waals surface area contributed by atoms with Crippen molar-refractivity contribution in [3.05, 3.63) is 71.9 Å². The molecule has 0 radical (unpaired) electrons. The molecule has 0 aliphatic carbocycles. The van der Waals surface area contributed by atoms with E-state index in [0.29, 0.717) is 5.56 Å². The summed E-state index contributed by atoms with van der Waals surface area (Å²) >= 11 is 0. The first-order valence-corrected chi connectivity index (χ1v) is 7.36. The van der Waals surface area contributed by atoms with Gasteiger partial charge in [0.1, 0.15) is 5.75 Å². The monoisotopic (exact) mass is 295 g/mol. The van der Waals surface area contributed by atoms with Gasteiger partial charge in [0.05, 0.1) is 11.8 Å². The van der Waals surface area contributed by atoms with Crippen molar-refractivity contribution >= 4 is 11.5 Å². The Balaban J connectivity index is 2.13. The van der Waals surface area contributed by atoms with Crippen molar-refractivity contribution < 1.29 is 9.53 Å². The van der Waals surface area contributed by atoms with Crippen LogP contribution in [0.2, 0.25) is 0 Å². The van der Waals surface area contributed by atoms with E-state index in [2.05, 4.69) is 5.32 Å². The number of ether oxygens (including phenoxy) is 1. The van der Waals surface area contributed by atoms with Gasteiger partial charge in [-0.2, -0.15) is 0 Å². The molecule has 0 aliphatic heterocycles. The lowest BCUT2D eigenvalue weighted by molar-refractivity contribution is 0.104. The average Bonchev–Trinajstić information content (AvgIpc) is 2.49. The minimum absolute atomic E-state index is 0.0205. The fourth-order valence-electron chi connectivity index (χ4n) is 2.06. The van der Waals surface area contributed by atoms with Crippen LogP contribution in [0.4, 0.5) is 5.69 Å². The highest BCUT2D eigenvalue weighted by atomic mass is 16.5. The molecule has 0 saturated carbocycles. The lowest BCUT2D eigenvalue weighted by atomic mass is 10.1. The Labute approximate surface area is 131 Å². The fraction of sp³-hybridized carbons (Fsp3) is 0.211. The van der Waals surface area contributed by atoms with Gasteiger partial charge in [0.2, 0.25) is 0 Å². The van der Waals surface area contributed by atoms with E-state index < -0.39 is 0 Å². The molecule has 0 fully saturated rings. The van der Waals surface area contributed by atoms with Crippen molar-refractivity contribution in [2.24, 2.45) is 0 Å². The maximum atomic E-state index is 12.2. The van der Waals surface area contributed by atoms with Crippen molar-refractivity contribution in [3.8, 4) is 5.75 Å². The first-order chi connectivity index (χ1) is 10.6. The zero-order valence-corrected chi connectivity index (χ0v) is 13.2. The molecule has 0 aromatic heterocycles. The number of para-hydroxylation sites is 2. The lowest BCUT2D eigenvalue weighted by Gasteiger charge is -2.15. The third-order valence-corrected chi connectivity index (χ3v) is 2.99. The van der Waals surface area contributed by atoms with Crippen molar-refractivity contribution in [2.45, 2.75) is 26.9 Å². The van der Waals surface area contributed by atoms with Gasteiger partial charge in [0.15, 0.2) is 5.78 Å². The van der Waals surface area contributed by atoms with Gasteiger partial charge >= 0.3 is 0 Å². The summed E-state index contributed by atoms with van der Waals surface area (Å²) in [5.74, 6) is 0.755. The second-order valence-electron chi connectivity index (χ2n) is 5.35. The Hall–Kier alpha value is -2.55. The molecule has 0 amide bonds. The Morgan fingerprint density at radius 1 is 1.05 bits per heavy atom. The minimum atomic E-state index is -0.0205. The number of hydrogen-bond donors (Lipinski definition) is 1. The highest BCUT2D eigenvalue weighted by Gasteiger charge is 2.06. The predicted molar refractivity (Wildman–Crippen MR) is 90.4 cm³/mol.